The first-order valence-corrected chi connectivity index (χ1v) is 8.33. The topological polar surface area (TPSA) is 50.2 Å². The van der Waals surface area contributed by atoms with E-state index in [9.17, 15) is 4.79 Å². The highest BCUT2D eigenvalue weighted by molar-refractivity contribution is 5.92. The molecule has 2 aliphatic heterocycles. The molecule has 3 rings (SSSR count). The lowest BCUT2D eigenvalue weighted by atomic mass is 9.95. The Kier molecular flexibility index (Phi) is 4.58. The summed E-state index contributed by atoms with van der Waals surface area (Å²) in [6.07, 6.45) is 7.82. The molecule has 2 aliphatic rings. The molecule has 5 heteroatoms. The molecule has 0 radical (unpaired) electrons. The summed E-state index contributed by atoms with van der Waals surface area (Å²) >= 11 is 0. The lowest BCUT2D eigenvalue weighted by Gasteiger charge is -2.31. The van der Waals surface area contributed by atoms with Gasteiger partial charge in [0.05, 0.1) is 6.04 Å². The summed E-state index contributed by atoms with van der Waals surface area (Å²) in [5, 5.41) is 7.94. The van der Waals surface area contributed by atoms with Crippen LogP contribution in [0.4, 0.5) is 0 Å². The van der Waals surface area contributed by atoms with Crippen molar-refractivity contribution in [1.82, 2.24) is 20.0 Å². The second-order valence-corrected chi connectivity index (χ2v) is 6.35. The van der Waals surface area contributed by atoms with Gasteiger partial charge >= 0.3 is 0 Å². The van der Waals surface area contributed by atoms with Gasteiger partial charge in [-0.25, -0.2) is 0 Å². The fourth-order valence-corrected chi connectivity index (χ4v) is 3.46. The zero-order chi connectivity index (χ0) is 14.7. The van der Waals surface area contributed by atoms with Crippen LogP contribution in [0, 0.1) is 5.92 Å². The molecule has 2 fully saturated rings. The Hall–Kier alpha value is -1.36. The van der Waals surface area contributed by atoms with Crippen molar-refractivity contribution in [3.05, 3.63) is 18.0 Å². The molecule has 0 bridgehead atoms. The Balaban J connectivity index is 1.66. The third-order valence-corrected chi connectivity index (χ3v) is 4.86. The minimum Gasteiger partial charge on any atom is -0.337 e. The van der Waals surface area contributed by atoms with Gasteiger partial charge in [-0.15, -0.1) is 0 Å². The van der Waals surface area contributed by atoms with Gasteiger partial charge in [-0.1, -0.05) is 13.3 Å². The Bertz CT molecular complexity index is 478. The molecule has 1 amide bonds. The van der Waals surface area contributed by atoms with Crippen molar-refractivity contribution < 1.29 is 4.79 Å². The van der Waals surface area contributed by atoms with E-state index < -0.39 is 0 Å². The van der Waals surface area contributed by atoms with Crippen molar-refractivity contribution in [3.63, 3.8) is 0 Å². The lowest BCUT2D eigenvalue weighted by molar-refractivity contribution is 0.0664. The van der Waals surface area contributed by atoms with Crippen LogP contribution in [0.3, 0.4) is 0 Å². The van der Waals surface area contributed by atoms with Crippen LogP contribution >= 0.6 is 0 Å². The third-order valence-electron chi connectivity index (χ3n) is 4.86. The predicted molar refractivity (Wildman–Crippen MR) is 82.3 cm³/mol. The molecule has 21 heavy (non-hydrogen) atoms. The standard InChI is InChI=1S/C16H26N4O/c1-2-13-5-4-9-19(12-13)16(21)15-7-10-20(18-15)14-6-3-8-17-11-14/h7,10,13-14,17H,2-6,8-9,11-12H2,1H3. The average molecular weight is 290 g/mol. The minimum absolute atomic E-state index is 0.107. The zero-order valence-electron chi connectivity index (χ0n) is 12.9. The number of rotatable bonds is 3. The number of amides is 1. The molecule has 0 aliphatic carbocycles. The number of aromatic nitrogens is 2. The van der Waals surface area contributed by atoms with Gasteiger partial charge in [-0.2, -0.15) is 5.10 Å². The number of carbonyl (C=O) groups is 1. The van der Waals surface area contributed by atoms with Crippen LogP contribution in [0.2, 0.25) is 0 Å². The molecule has 116 valence electrons. The molecule has 2 saturated heterocycles. The molecule has 0 saturated carbocycles. The minimum atomic E-state index is 0.107. The fourth-order valence-electron chi connectivity index (χ4n) is 3.46. The van der Waals surface area contributed by atoms with Gasteiger partial charge in [0, 0.05) is 25.8 Å². The molecule has 1 aromatic rings. The summed E-state index contributed by atoms with van der Waals surface area (Å²) in [6.45, 7) is 6.04. The summed E-state index contributed by atoms with van der Waals surface area (Å²) < 4.78 is 1.97. The van der Waals surface area contributed by atoms with Gasteiger partial charge < -0.3 is 10.2 Å². The monoisotopic (exact) mass is 290 g/mol. The maximum absolute atomic E-state index is 12.6. The summed E-state index contributed by atoms with van der Waals surface area (Å²) in [5.41, 5.74) is 0.609. The van der Waals surface area contributed by atoms with Crippen molar-refractivity contribution in [2.75, 3.05) is 26.2 Å². The number of carbonyl (C=O) groups excluding carboxylic acids is 1. The van der Waals surface area contributed by atoms with Crippen LogP contribution < -0.4 is 5.32 Å². The van der Waals surface area contributed by atoms with Crippen LogP contribution in [0.25, 0.3) is 0 Å². The van der Waals surface area contributed by atoms with Crippen molar-refractivity contribution >= 4 is 5.91 Å². The van der Waals surface area contributed by atoms with E-state index in [-0.39, 0.29) is 5.91 Å². The van der Waals surface area contributed by atoms with Crippen LogP contribution in [0.5, 0.6) is 0 Å². The summed E-state index contributed by atoms with van der Waals surface area (Å²) in [6, 6.07) is 2.28. The smallest absolute Gasteiger partial charge is 0.274 e. The number of likely N-dealkylation sites (tertiary alicyclic amines) is 1. The summed E-state index contributed by atoms with van der Waals surface area (Å²) in [4.78, 5) is 14.6. The van der Waals surface area contributed by atoms with E-state index in [1.807, 2.05) is 21.8 Å². The van der Waals surface area contributed by atoms with E-state index >= 15 is 0 Å². The van der Waals surface area contributed by atoms with Gasteiger partial charge in [0.2, 0.25) is 0 Å². The predicted octanol–water partition coefficient (Wildman–Crippen LogP) is 2.07. The second-order valence-electron chi connectivity index (χ2n) is 6.35. The van der Waals surface area contributed by atoms with E-state index in [1.165, 1.54) is 12.8 Å². The van der Waals surface area contributed by atoms with Crippen molar-refractivity contribution in [2.24, 2.45) is 5.92 Å². The number of nitrogens with zero attached hydrogens (tertiary/aromatic N) is 3. The highest BCUT2D eigenvalue weighted by Gasteiger charge is 2.25. The van der Waals surface area contributed by atoms with Gasteiger partial charge in [0.1, 0.15) is 5.69 Å². The average Bonchev–Trinajstić information content (AvgIpc) is 3.05. The normalized spacial score (nSPS) is 26.8. The van der Waals surface area contributed by atoms with Gasteiger partial charge in [-0.05, 0) is 44.2 Å². The Morgan fingerprint density at radius 3 is 3.10 bits per heavy atom. The number of hydrogen-bond donors (Lipinski definition) is 1. The first-order valence-electron chi connectivity index (χ1n) is 8.33. The lowest BCUT2D eigenvalue weighted by Crippen LogP contribution is -2.40. The molecule has 2 atom stereocenters. The van der Waals surface area contributed by atoms with E-state index in [0.29, 0.717) is 17.7 Å². The molecule has 5 nitrogen and oxygen atoms in total. The highest BCUT2D eigenvalue weighted by atomic mass is 16.2. The third kappa shape index (κ3) is 3.28. The van der Waals surface area contributed by atoms with Crippen molar-refractivity contribution in [1.29, 1.82) is 0 Å². The van der Waals surface area contributed by atoms with E-state index in [0.717, 1.165) is 45.4 Å². The van der Waals surface area contributed by atoms with Crippen LogP contribution in [0.15, 0.2) is 12.3 Å². The van der Waals surface area contributed by atoms with E-state index in [2.05, 4.69) is 17.3 Å². The SMILES string of the molecule is CCC1CCCN(C(=O)c2ccn(C3CCCNC3)n2)C1. The van der Waals surface area contributed by atoms with Crippen LogP contribution in [-0.2, 0) is 0 Å². The number of piperidine rings is 2. The Morgan fingerprint density at radius 1 is 1.43 bits per heavy atom. The molecular weight excluding hydrogens is 264 g/mol. The Labute approximate surface area is 126 Å². The zero-order valence-corrected chi connectivity index (χ0v) is 12.9. The molecular formula is C16H26N4O. The van der Waals surface area contributed by atoms with E-state index in [1.54, 1.807) is 0 Å². The fraction of sp³-hybridized carbons (Fsp3) is 0.750. The Morgan fingerprint density at radius 2 is 2.33 bits per heavy atom. The quantitative estimate of drug-likeness (QED) is 0.927. The summed E-state index contributed by atoms with van der Waals surface area (Å²) in [7, 11) is 0. The van der Waals surface area contributed by atoms with Crippen LogP contribution in [-0.4, -0.2) is 46.8 Å². The second kappa shape index (κ2) is 6.60. The van der Waals surface area contributed by atoms with Gasteiger partial charge in [0.25, 0.3) is 5.91 Å². The molecule has 2 unspecified atom stereocenters. The molecule has 1 aromatic heterocycles. The molecule has 3 heterocycles. The maximum atomic E-state index is 12.6. The van der Waals surface area contributed by atoms with Crippen LogP contribution in [0.1, 0.15) is 55.6 Å². The first-order chi connectivity index (χ1) is 10.3. The molecule has 0 spiro atoms. The first kappa shape index (κ1) is 14.6. The number of nitrogens with one attached hydrogen (secondary N) is 1. The maximum Gasteiger partial charge on any atom is 0.274 e. The number of hydrogen-bond acceptors (Lipinski definition) is 3. The largest absolute Gasteiger partial charge is 0.337 e. The molecule has 0 aromatic carbocycles. The van der Waals surface area contributed by atoms with E-state index in [4.69, 9.17) is 0 Å². The summed E-state index contributed by atoms with van der Waals surface area (Å²) in [5.74, 6) is 0.767. The van der Waals surface area contributed by atoms with Crippen molar-refractivity contribution in [2.45, 2.75) is 45.1 Å². The van der Waals surface area contributed by atoms with Gasteiger partial charge in [0.15, 0.2) is 0 Å². The van der Waals surface area contributed by atoms with Gasteiger partial charge in [-0.3, -0.25) is 9.48 Å². The molecule has 1 N–H and O–H groups in total. The highest BCUT2D eigenvalue weighted by Crippen LogP contribution is 2.21. The van der Waals surface area contributed by atoms with Crippen molar-refractivity contribution in [3.8, 4) is 0 Å².